The molecule has 2 N–H and O–H groups in total. The number of hydrogen-bond acceptors (Lipinski definition) is 5. The Hall–Kier alpha value is -0.0400. The van der Waals surface area contributed by atoms with Crippen molar-refractivity contribution in [1.82, 2.24) is 10.6 Å². The number of nitrogens with one attached hydrogen (secondary N) is 2. The molecule has 0 aliphatic carbocycles. The summed E-state index contributed by atoms with van der Waals surface area (Å²) in [5.74, 6) is 0.174. The number of sulfone groups is 1. The van der Waals surface area contributed by atoms with Gasteiger partial charge in [-0.1, -0.05) is 25.6 Å². The van der Waals surface area contributed by atoms with Crippen LogP contribution in [0.2, 0.25) is 0 Å². The molecule has 2 atom stereocenters. The van der Waals surface area contributed by atoms with Gasteiger partial charge in [0.25, 0.3) is 0 Å². The highest BCUT2D eigenvalue weighted by atomic mass is 32.2. The van der Waals surface area contributed by atoms with Crippen molar-refractivity contribution in [3.05, 3.63) is 0 Å². The predicted octanol–water partition coefficient (Wildman–Crippen LogP) is 0.131. The van der Waals surface area contributed by atoms with E-state index in [-0.39, 0.29) is 17.8 Å². The van der Waals surface area contributed by atoms with Crippen molar-refractivity contribution in [1.29, 1.82) is 0 Å². The summed E-state index contributed by atoms with van der Waals surface area (Å²) in [6, 6.07) is 0.163. The first-order valence-corrected chi connectivity index (χ1v) is 8.05. The number of rotatable bonds is 4. The fourth-order valence-corrected chi connectivity index (χ4v) is 3.12. The van der Waals surface area contributed by atoms with Crippen LogP contribution in [0.1, 0.15) is 19.8 Å². The van der Waals surface area contributed by atoms with Gasteiger partial charge in [0.15, 0.2) is 0 Å². The van der Waals surface area contributed by atoms with Crippen molar-refractivity contribution in [2.75, 3.05) is 25.1 Å². The third-order valence-corrected chi connectivity index (χ3v) is 3.94. The Balaban J connectivity index is 2.70. The minimum atomic E-state index is -2.95. The zero-order chi connectivity index (χ0) is 12.2. The van der Waals surface area contributed by atoms with Crippen LogP contribution in [0.4, 0.5) is 0 Å². The molecule has 1 heterocycles. The lowest BCUT2D eigenvalue weighted by molar-refractivity contribution is 0.406. The summed E-state index contributed by atoms with van der Waals surface area (Å²) in [4.78, 5) is 0.914. The maximum absolute atomic E-state index is 11.3. The third kappa shape index (κ3) is 4.86. The smallest absolute Gasteiger partial charge is 0.149 e. The van der Waals surface area contributed by atoms with E-state index in [0.717, 1.165) is 17.7 Å². The average Bonchev–Trinajstić information content (AvgIpc) is 2.31. The van der Waals surface area contributed by atoms with Gasteiger partial charge in [-0.25, -0.2) is 8.42 Å². The first kappa shape index (κ1) is 14.0. The summed E-state index contributed by atoms with van der Waals surface area (Å²) in [6.45, 7) is 3.43. The zero-order valence-corrected chi connectivity index (χ0v) is 11.5. The molecule has 16 heavy (non-hydrogen) atoms. The molecule has 6 heteroatoms. The second-order valence-corrected chi connectivity index (χ2v) is 7.16. The lowest BCUT2D eigenvalue weighted by atomic mass is 10.1. The van der Waals surface area contributed by atoms with Crippen LogP contribution in [0.25, 0.3) is 0 Å². The second-order valence-electron chi connectivity index (χ2n) is 4.39. The van der Waals surface area contributed by atoms with E-state index in [4.69, 9.17) is 12.2 Å². The molecule has 1 aliphatic rings. The van der Waals surface area contributed by atoms with Crippen LogP contribution in [0.3, 0.4) is 0 Å². The van der Waals surface area contributed by atoms with Crippen molar-refractivity contribution in [2.24, 2.45) is 0 Å². The number of hydrogen-bond donors (Lipinski definition) is 2. The lowest BCUT2D eigenvalue weighted by Gasteiger charge is -2.25. The van der Waals surface area contributed by atoms with Crippen molar-refractivity contribution in [3.63, 3.8) is 0 Å². The summed E-state index contributed by atoms with van der Waals surface area (Å²) in [6.07, 6.45) is 3.28. The molecule has 1 rings (SSSR count). The highest BCUT2D eigenvalue weighted by molar-refractivity contribution is 7.90. The van der Waals surface area contributed by atoms with E-state index in [0.29, 0.717) is 13.1 Å². The van der Waals surface area contributed by atoms with Crippen LogP contribution >= 0.6 is 12.2 Å². The van der Waals surface area contributed by atoms with Gasteiger partial charge < -0.3 is 10.6 Å². The van der Waals surface area contributed by atoms with Gasteiger partial charge in [-0.3, -0.25) is 0 Å². The topological polar surface area (TPSA) is 58.2 Å². The van der Waals surface area contributed by atoms with Gasteiger partial charge in [0.1, 0.15) is 9.84 Å². The zero-order valence-electron chi connectivity index (χ0n) is 9.82. The Labute approximate surface area is 103 Å². The highest BCUT2D eigenvalue weighted by Crippen LogP contribution is 2.07. The Morgan fingerprint density at radius 3 is 2.38 bits per heavy atom. The summed E-state index contributed by atoms with van der Waals surface area (Å²) >= 11 is 5.15. The Morgan fingerprint density at radius 1 is 1.31 bits per heavy atom. The predicted molar refractivity (Wildman–Crippen MR) is 70.8 cm³/mol. The van der Waals surface area contributed by atoms with E-state index < -0.39 is 9.84 Å². The van der Waals surface area contributed by atoms with Gasteiger partial charge in [0, 0.05) is 36.3 Å². The van der Waals surface area contributed by atoms with Gasteiger partial charge in [-0.05, 0) is 6.42 Å². The minimum absolute atomic E-state index is 0.0320. The molecule has 0 aromatic heterocycles. The SMILES string of the molecule is CCC[C@H]1NCC(=S)CN[C@H]1CS(C)(=O)=O. The van der Waals surface area contributed by atoms with E-state index in [1.54, 1.807) is 0 Å². The van der Waals surface area contributed by atoms with E-state index in [2.05, 4.69) is 17.6 Å². The van der Waals surface area contributed by atoms with Gasteiger partial charge >= 0.3 is 0 Å². The Bertz CT molecular complexity index is 341. The molecule has 0 aromatic carbocycles. The third-order valence-electron chi connectivity index (χ3n) is 2.69. The summed E-state index contributed by atoms with van der Waals surface area (Å²) < 4.78 is 22.7. The highest BCUT2D eigenvalue weighted by Gasteiger charge is 2.26. The normalized spacial score (nSPS) is 27.8. The fraction of sp³-hybridized carbons (Fsp3) is 0.900. The molecule has 1 aliphatic heterocycles. The molecule has 0 saturated carbocycles. The summed E-state index contributed by atoms with van der Waals surface area (Å²) in [5, 5.41) is 6.58. The molecule has 0 aromatic rings. The first-order valence-electron chi connectivity index (χ1n) is 5.58. The Morgan fingerprint density at radius 2 is 1.88 bits per heavy atom. The lowest BCUT2D eigenvalue weighted by Crippen LogP contribution is -2.49. The van der Waals surface area contributed by atoms with Crippen LogP contribution in [-0.4, -0.2) is 50.5 Å². The molecule has 4 nitrogen and oxygen atoms in total. The quantitative estimate of drug-likeness (QED) is 0.707. The van der Waals surface area contributed by atoms with Gasteiger partial charge in [-0.15, -0.1) is 0 Å². The van der Waals surface area contributed by atoms with Gasteiger partial charge in [0.2, 0.25) is 0 Å². The van der Waals surface area contributed by atoms with E-state index in [1.807, 2.05) is 0 Å². The van der Waals surface area contributed by atoms with Crippen LogP contribution < -0.4 is 10.6 Å². The molecule has 1 fully saturated rings. The second kappa shape index (κ2) is 6.05. The monoisotopic (exact) mass is 264 g/mol. The van der Waals surface area contributed by atoms with E-state index in [9.17, 15) is 8.42 Å². The van der Waals surface area contributed by atoms with Crippen LogP contribution in [0, 0.1) is 0 Å². The van der Waals surface area contributed by atoms with Crippen LogP contribution in [-0.2, 0) is 9.84 Å². The van der Waals surface area contributed by atoms with E-state index in [1.165, 1.54) is 6.26 Å². The minimum Gasteiger partial charge on any atom is -0.308 e. The van der Waals surface area contributed by atoms with Crippen LogP contribution in [0.5, 0.6) is 0 Å². The van der Waals surface area contributed by atoms with Gasteiger partial charge in [-0.2, -0.15) is 0 Å². The van der Waals surface area contributed by atoms with Crippen molar-refractivity contribution in [2.45, 2.75) is 31.8 Å². The van der Waals surface area contributed by atoms with E-state index >= 15 is 0 Å². The maximum atomic E-state index is 11.3. The summed E-state index contributed by atoms with van der Waals surface area (Å²) in [5.41, 5.74) is 0. The largest absolute Gasteiger partial charge is 0.308 e. The molecule has 0 spiro atoms. The number of thiocarbonyl (C=S) groups is 1. The van der Waals surface area contributed by atoms with Gasteiger partial charge in [0.05, 0.1) is 5.75 Å². The molecule has 0 unspecified atom stereocenters. The standard InChI is InChI=1S/C10H20N2O2S2/c1-3-4-9-10(7-16(2,13)14)12-6-8(15)5-11-9/h9-12H,3-7H2,1-2H3/t9-,10+/m1/s1. The first-order chi connectivity index (χ1) is 7.42. The molecule has 94 valence electrons. The summed E-state index contributed by atoms with van der Waals surface area (Å²) in [7, 11) is -2.95. The molecule has 0 radical (unpaired) electrons. The molecular weight excluding hydrogens is 244 g/mol. The molecule has 0 amide bonds. The molecular formula is C10H20N2O2S2. The van der Waals surface area contributed by atoms with Crippen molar-refractivity contribution in [3.8, 4) is 0 Å². The molecule has 1 saturated heterocycles. The van der Waals surface area contributed by atoms with Crippen molar-refractivity contribution < 1.29 is 8.42 Å². The Kier molecular flexibility index (Phi) is 5.30. The fourth-order valence-electron chi connectivity index (χ4n) is 1.95. The van der Waals surface area contributed by atoms with Crippen molar-refractivity contribution >= 4 is 26.9 Å². The van der Waals surface area contributed by atoms with Crippen LogP contribution in [0.15, 0.2) is 0 Å². The molecule has 0 bridgehead atoms. The maximum Gasteiger partial charge on any atom is 0.149 e. The average molecular weight is 264 g/mol.